The van der Waals surface area contributed by atoms with E-state index in [0.29, 0.717) is 6.04 Å². The number of aromatic nitrogens is 2. The third kappa shape index (κ3) is 3.31. The molecule has 2 aromatic rings. The maximum atomic E-state index is 4.82. The first-order chi connectivity index (χ1) is 12.6. The Morgan fingerprint density at radius 1 is 1.35 bits per heavy atom. The smallest absolute Gasteiger partial charge is 0.136 e. The number of H-pyrrole nitrogens is 1. The van der Waals surface area contributed by atoms with Crippen LogP contribution in [0.25, 0.3) is 10.9 Å². The van der Waals surface area contributed by atoms with E-state index in [-0.39, 0.29) is 6.17 Å². The number of aliphatic imine (C=N–C) groups is 1. The average molecular weight is 350 g/mol. The largest absolute Gasteiger partial charge is 0.385 e. The molecular formula is C20H26N6. The van der Waals surface area contributed by atoms with Gasteiger partial charge in [-0.05, 0) is 64.3 Å². The molecule has 1 aromatic heterocycles. The highest BCUT2D eigenvalue weighted by atomic mass is 15.1. The van der Waals surface area contributed by atoms with Gasteiger partial charge in [-0.15, -0.1) is 0 Å². The molecule has 0 saturated heterocycles. The topological polar surface area (TPSA) is 77.1 Å². The fourth-order valence-corrected chi connectivity index (χ4v) is 3.42. The van der Waals surface area contributed by atoms with Crippen molar-refractivity contribution >= 4 is 22.4 Å². The van der Waals surface area contributed by atoms with Crippen LogP contribution >= 0.6 is 0 Å². The zero-order valence-electron chi connectivity index (χ0n) is 15.6. The zero-order chi connectivity index (χ0) is 18.1. The first-order valence-electron chi connectivity index (χ1n) is 9.30. The molecule has 6 heteroatoms. The number of rotatable bonds is 5. The standard InChI is InChI=1S/C20H26N6/c1-12(22-15-5-4-6-15)18-9-10-21-20(18)24-14(3)23-16-7-8-17-13(2)25-26-19(17)11-16/h7-11,14-15,22-23H,4-6H2,1-3H3,(H,21,24)(H,25,26)/b18-12+. The molecule has 2 heterocycles. The zero-order valence-corrected chi connectivity index (χ0v) is 15.6. The van der Waals surface area contributed by atoms with Gasteiger partial charge >= 0.3 is 0 Å². The molecule has 4 rings (SSSR count). The van der Waals surface area contributed by atoms with Crippen LogP contribution in [0, 0.1) is 6.92 Å². The van der Waals surface area contributed by atoms with Crippen LogP contribution in [0.3, 0.4) is 0 Å². The van der Waals surface area contributed by atoms with Gasteiger partial charge in [-0.1, -0.05) is 0 Å². The molecule has 0 bridgehead atoms. The molecular weight excluding hydrogens is 324 g/mol. The van der Waals surface area contributed by atoms with Crippen LogP contribution in [-0.4, -0.2) is 28.2 Å². The summed E-state index contributed by atoms with van der Waals surface area (Å²) in [6.07, 6.45) is 7.85. The third-order valence-electron chi connectivity index (χ3n) is 5.11. The van der Waals surface area contributed by atoms with E-state index in [9.17, 15) is 0 Å². The molecule has 1 aliphatic heterocycles. The molecule has 1 unspecified atom stereocenters. The maximum Gasteiger partial charge on any atom is 0.136 e. The second kappa shape index (κ2) is 6.86. The van der Waals surface area contributed by atoms with Gasteiger partial charge in [0, 0.05) is 34.6 Å². The first-order valence-corrected chi connectivity index (χ1v) is 9.30. The van der Waals surface area contributed by atoms with Crippen LogP contribution < -0.4 is 16.0 Å². The average Bonchev–Trinajstić information content (AvgIpc) is 3.18. The van der Waals surface area contributed by atoms with Crippen molar-refractivity contribution < 1.29 is 0 Å². The Labute approximate surface area is 153 Å². The Bertz CT molecular complexity index is 900. The van der Waals surface area contributed by atoms with Crippen molar-refractivity contribution in [3.63, 3.8) is 0 Å². The minimum atomic E-state index is -0.0506. The van der Waals surface area contributed by atoms with Crippen molar-refractivity contribution in [3.05, 3.63) is 47.4 Å². The summed E-state index contributed by atoms with van der Waals surface area (Å²) in [6.45, 7) is 6.20. The van der Waals surface area contributed by atoms with Crippen molar-refractivity contribution in [2.45, 2.75) is 52.2 Å². The van der Waals surface area contributed by atoms with Crippen LogP contribution in [0.4, 0.5) is 5.69 Å². The first kappa shape index (κ1) is 16.7. The molecule has 1 aromatic carbocycles. The third-order valence-corrected chi connectivity index (χ3v) is 5.11. The Hall–Kier alpha value is -2.76. The predicted octanol–water partition coefficient (Wildman–Crippen LogP) is 3.56. The highest BCUT2D eigenvalue weighted by Crippen LogP contribution is 2.22. The normalized spacial score (nSPS) is 21.6. The summed E-state index contributed by atoms with van der Waals surface area (Å²) >= 11 is 0. The highest BCUT2D eigenvalue weighted by Gasteiger charge is 2.20. The predicted molar refractivity (Wildman–Crippen MR) is 107 cm³/mol. The lowest BCUT2D eigenvalue weighted by Crippen LogP contribution is -2.35. The van der Waals surface area contributed by atoms with Crippen molar-refractivity contribution in [1.29, 1.82) is 0 Å². The van der Waals surface area contributed by atoms with Crippen molar-refractivity contribution in [2.24, 2.45) is 4.99 Å². The lowest BCUT2D eigenvalue weighted by Gasteiger charge is -2.28. The summed E-state index contributed by atoms with van der Waals surface area (Å²) in [5.41, 5.74) is 5.42. The van der Waals surface area contributed by atoms with Gasteiger partial charge in [0.25, 0.3) is 0 Å². The van der Waals surface area contributed by atoms with Gasteiger partial charge in [0.15, 0.2) is 0 Å². The van der Waals surface area contributed by atoms with Crippen molar-refractivity contribution in [2.75, 3.05) is 5.32 Å². The number of hydrogen-bond acceptors (Lipinski definition) is 4. The Morgan fingerprint density at radius 3 is 2.96 bits per heavy atom. The molecule has 136 valence electrons. The van der Waals surface area contributed by atoms with Crippen LogP contribution in [0.1, 0.15) is 38.8 Å². The summed E-state index contributed by atoms with van der Waals surface area (Å²) in [7, 11) is 0. The lowest BCUT2D eigenvalue weighted by molar-refractivity contribution is 0.364. The quantitative estimate of drug-likeness (QED) is 0.665. The molecule has 0 radical (unpaired) electrons. The number of aromatic amines is 1. The number of aryl methyl sites for hydroxylation is 1. The van der Waals surface area contributed by atoms with Crippen LogP contribution in [0.15, 0.2) is 46.7 Å². The molecule has 1 aliphatic carbocycles. The van der Waals surface area contributed by atoms with E-state index < -0.39 is 0 Å². The molecule has 26 heavy (non-hydrogen) atoms. The number of benzene rings is 1. The van der Waals surface area contributed by atoms with E-state index in [1.165, 1.54) is 25.0 Å². The van der Waals surface area contributed by atoms with E-state index in [1.54, 1.807) is 0 Å². The number of anilines is 1. The van der Waals surface area contributed by atoms with Gasteiger partial charge in [0.1, 0.15) is 12.0 Å². The minimum absolute atomic E-state index is 0.0506. The van der Waals surface area contributed by atoms with Gasteiger partial charge < -0.3 is 16.0 Å². The van der Waals surface area contributed by atoms with Gasteiger partial charge in [0.05, 0.1) is 11.2 Å². The highest BCUT2D eigenvalue weighted by molar-refractivity contribution is 6.04. The number of hydrogen-bond donors (Lipinski definition) is 4. The minimum Gasteiger partial charge on any atom is -0.385 e. The van der Waals surface area contributed by atoms with E-state index in [2.05, 4.69) is 64.3 Å². The molecule has 6 nitrogen and oxygen atoms in total. The summed E-state index contributed by atoms with van der Waals surface area (Å²) in [6, 6.07) is 6.86. The molecule has 0 spiro atoms. The Morgan fingerprint density at radius 2 is 2.19 bits per heavy atom. The Kier molecular flexibility index (Phi) is 4.41. The van der Waals surface area contributed by atoms with Gasteiger partial charge in [-0.25, -0.2) is 4.99 Å². The summed E-state index contributed by atoms with van der Waals surface area (Å²) < 4.78 is 0. The lowest BCUT2D eigenvalue weighted by atomic mass is 9.93. The Balaban J connectivity index is 1.48. The van der Waals surface area contributed by atoms with Gasteiger partial charge in [0.2, 0.25) is 0 Å². The van der Waals surface area contributed by atoms with E-state index in [4.69, 9.17) is 4.99 Å². The number of fused-ring (bicyclic) bond motifs is 1. The van der Waals surface area contributed by atoms with E-state index in [0.717, 1.165) is 33.7 Å². The van der Waals surface area contributed by atoms with Crippen molar-refractivity contribution in [3.8, 4) is 0 Å². The van der Waals surface area contributed by atoms with E-state index >= 15 is 0 Å². The summed E-state index contributed by atoms with van der Waals surface area (Å²) in [5.74, 6) is 0.910. The SMILES string of the molecule is C/C(NC1CCC1)=C1/C=CN/C1=N/C(C)Nc1ccc2c(C)n[nH]c2c1. The number of nitrogens with one attached hydrogen (secondary N) is 4. The van der Waals surface area contributed by atoms with Gasteiger partial charge in [-0.3, -0.25) is 5.10 Å². The van der Waals surface area contributed by atoms with E-state index in [1.807, 2.05) is 13.1 Å². The van der Waals surface area contributed by atoms with Crippen LogP contribution in [0.5, 0.6) is 0 Å². The van der Waals surface area contributed by atoms with Crippen LogP contribution in [0.2, 0.25) is 0 Å². The number of allylic oxidation sites excluding steroid dienone is 1. The molecule has 4 N–H and O–H groups in total. The molecule has 0 amide bonds. The summed E-state index contributed by atoms with van der Waals surface area (Å²) in [4.78, 5) is 4.82. The number of amidine groups is 1. The second-order valence-electron chi connectivity index (χ2n) is 7.16. The van der Waals surface area contributed by atoms with Crippen molar-refractivity contribution in [1.82, 2.24) is 20.8 Å². The summed E-state index contributed by atoms with van der Waals surface area (Å²) in [5, 5.41) is 18.8. The maximum absolute atomic E-state index is 4.82. The number of nitrogens with zero attached hydrogens (tertiary/aromatic N) is 2. The molecule has 1 atom stereocenters. The fraction of sp³-hybridized carbons (Fsp3) is 0.400. The monoisotopic (exact) mass is 350 g/mol. The second-order valence-corrected chi connectivity index (χ2v) is 7.16. The van der Waals surface area contributed by atoms with Crippen LogP contribution in [-0.2, 0) is 0 Å². The fourth-order valence-electron chi connectivity index (χ4n) is 3.42. The molecule has 2 aliphatic rings. The van der Waals surface area contributed by atoms with Gasteiger partial charge in [-0.2, -0.15) is 5.10 Å². The molecule has 1 saturated carbocycles. The molecule has 1 fully saturated rings.